The first-order valence-corrected chi connectivity index (χ1v) is 5.85. The van der Waals surface area contributed by atoms with Crippen molar-refractivity contribution in [1.82, 2.24) is 0 Å². The van der Waals surface area contributed by atoms with Crippen LogP contribution in [-0.2, 0) is 4.79 Å². The van der Waals surface area contributed by atoms with E-state index >= 15 is 0 Å². The number of ether oxygens (including phenoxy) is 1. The second-order valence-electron chi connectivity index (χ2n) is 3.05. The van der Waals surface area contributed by atoms with Crippen LogP contribution in [0.15, 0.2) is 29.8 Å². The van der Waals surface area contributed by atoms with Gasteiger partial charge in [0.2, 0.25) is 0 Å². The Bertz CT molecular complexity index is 396. The maximum Gasteiger partial charge on any atom is 0.171 e. The number of ketones is 1. The number of para-hydroxylation sites is 1. The normalized spacial score (nSPS) is 13.9. The molecule has 0 amide bonds. The Morgan fingerprint density at radius 2 is 2.21 bits per heavy atom. The Balaban J connectivity index is 2.36. The van der Waals surface area contributed by atoms with Gasteiger partial charge in [-0.05, 0) is 12.1 Å². The number of carbonyl (C=O) groups is 1. The quantitative estimate of drug-likeness (QED) is 0.619. The summed E-state index contributed by atoms with van der Waals surface area (Å²) >= 11 is 2.07. The first-order chi connectivity index (χ1) is 6.81. The minimum Gasteiger partial charge on any atom is -0.488 e. The molecule has 0 radical (unpaired) electrons. The summed E-state index contributed by atoms with van der Waals surface area (Å²) in [6.07, 6.45) is 1.92. The van der Waals surface area contributed by atoms with Gasteiger partial charge in [-0.15, -0.1) is 0 Å². The lowest BCUT2D eigenvalue weighted by molar-refractivity contribution is -0.113. The fraction of sp³-hybridized carbons (Fsp3) is 0.182. The fourth-order valence-corrected chi connectivity index (χ4v) is 1.85. The second kappa shape index (κ2) is 4.13. The van der Waals surface area contributed by atoms with Gasteiger partial charge in [0.15, 0.2) is 5.78 Å². The van der Waals surface area contributed by atoms with E-state index in [9.17, 15) is 4.79 Å². The molecular formula is C11H9IO2. The Morgan fingerprint density at radius 3 is 3.00 bits per heavy atom. The lowest BCUT2D eigenvalue weighted by atomic mass is 10.1. The number of halogens is 1. The van der Waals surface area contributed by atoms with Crippen LogP contribution in [0, 0.1) is 0 Å². The smallest absolute Gasteiger partial charge is 0.171 e. The van der Waals surface area contributed by atoms with Crippen molar-refractivity contribution < 1.29 is 9.53 Å². The van der Waals surface area contributed by atoms with Gasteiger partial charge < -0.3 is 4.74 Å². The Hall–Kier alpha value is -0.840. The topological polar surface area (TPSA) is 26.3 Å². The number of alkyl halides is 1. The Morgan fingerprint density at radius 1 is 1.43 bits per heavy atom. The molecule has 1 heterocycles. The van der Waals surface area contributed by atoms with Crippen LogP contribution >= 0.6 is 22.6 Å². The van der Waals surface area contributed by atoms with Crippen molar-refractivity contribution in [3.8, 4) is 5.75 Å². The van der Waals surface area contributed by atoms with E-state index in [2.05, 4.69) is 22.6 Å². The molecule has 0 spiro atoms. The van der Waals surface area contributed by atoms with Gasteiger partial charge in [0, 0.05) is 11.1 Å². The number of carbonyl (C=O) groups excluding carboxylic acids is 1. The van der Waals surface area contributed by atoms with Gasteiger partial charge in [-0.25, -0.2) is 0 Å². The van der Waals surface area contributed by atoms with Crippen LogP contribution in [0.2, 0.25) is 0 Å². The van der Waals surface area contributed by atoms with Crippen molar-refractivity contribution in [2.45, 2.75) is 0 Å². The van der Waals surface area contributed by atoms with Crippen LogP contribution in [0.5, 0.6) is 5.75 Å². The van der Waals surface area contributed by atoms with Gasteiger partial charge in [-0.3, -0.25) is 4.79 Å². The van der Waals surface area contributed by atoms with Crippen LogP contribution < -0.4 is 4.74 Å². The minimum atomic E-state index is 0.153. The summed E-state index contributed by atoms with van der Waals surface area (Å²) in [6.45, 7) is 0.402. The molecule has 1 aliphatic rings. The average Bonchev–Trinajstić information content (AvgIpc) is 2.27. The minimum absolute atomic E-state index is 0.153. The largest absolute Gasteiger partial charge is 0.488 e. The van der Waals surface area contributed by atoms with Gasteiger partial charge in [-0.1, -0.05) is 40.8 Å². The molecule has 3 heteroatoms. The molecule has 0 N–H and O–H groups in total. The maximum atomic E-state index is 11.4. The zero-order valence-electron chi connectivity index (χ0n) is 7.50. The van der Waals surface area contributed by atoms with Gasteiger partial charge in [-0.2, -0.15) is 0 Å². The molecule has 72 valence electrons. The van der Waals surface area contributed by atoms with Crippen molar-refractivity contribution >= 4 is 34.5 Å². The highest BCUT2D eigenvalue weighted by molar-refractivity contribution is 14.1. The van der Waals surface area contributed by atoms with E-state index in [-0.39, 0.29) is 5.78 Å². The third-order valence-electron chi connectivity index (χ3n) is 2.11. The van der Waals surface area contributed by atoms with E-state index < -0.39 is 0 Å². The van der Waals surface area contributed by atoms with Crippen molar-refractivity contribution in [1.29, 1.82) is 0 Å². The standard InChI is InChI=1S/C11H9IO2/c12-6-10(13)9-5-8-3-1-2-4-11(8)14-7-9/h1-5H,6-7H2. The molecule has 1 aromatic carbocycles. The van der Waals surface area contributed by atoms with Crippen molar-refractivity contribution in [3.63, 3.8) is 0 Å². The van der Waals surface area contributed by atoms with E-state index in [1.165, 1.54) is 0 Å². The highest BCUT2D eigenvalue weighted by atomic mass is 127. The van der Waals surface area contributed by atoms with Crippen LogP contribution in [0.4, 0.5) is 0 Å². The molecular weight excluding hydrogens is 291 g/mol. The molecule has 0 fully saturated rings. The molecule has 0 saturated heterocycles. The summed E-state index contributed by atoms with van der Waals surface area (Å²) < 4.78 is 5.98. The molecule has 2 rings (SSSR count). The highest BCUT2D eigenvalue weighted by Crippen LogP contribution is 2.25. The third-order valence-corrected chi connectivity index (χ3v) is 2.80. The summed E-state index contributed by atoms with van der Waals surface area (Å²) in [5.41, 5.74) is 1.75. The molecule has 0 unspecified atom stereocenters. The van der Waals surface area contributed by atoms with Crippen LogP contribution in [0.3, 0.4) is 0 Å². The van der Waals surface area contributed by atoms with Crippen LogP contribution in [-0.4, -0.2) is 16.8 Å². The van der Waals surface area contributed by atoms with E-state index in [0.29, 0.717) is 11.0 Å². The van der Waals surface area contributed by atoms with Crippen LogP contribution in [0.1, 0.15) is 5.56 Å². The first kappa shape index (κ1) is 9.71. The lowest BCUT2D eigenvalue weighted by Crippen LogP contribution is -2.15. The number of rotatable bonds is 2. The third kappa shape index (κ3) is 1.82. The molecule has 0 saturated carbocycles. The van der Waals surface area contributed by atoms with E-state index in [1.807, 2.05) is 30.3 Å². The summed E-state index contributed by atoms with van der Waals surface area (Å²) in [5.74, 6) is 1.01. The SMILES string of the molecule is O=C(CI)C1=Cc2ccccc2OC1. The Labute approximate surface area is 96.1 Å². The molecule has 2 nitrogen and oxygen atoms in total. The molecule has 0 aliphatic carbocycles. The Kier molecular flexibility index (Phi) is 2.86. The van der Waals surface area contributed by atoms with Crippen molar-refractivity contribution in [2.75, 3.05) is 11.0 Å². The van der Waals surface area contributed by atoms with E-state index in [1.54, 1.807) is 0 Å². The highest BCUT2D eigenvalue weighted by Gasteiger charge is 2.15. The fourth-order valence-electron chi connectivity index (χ4n) is 1.36. The summed E-state index contributed by atoms with van der Waals surface area (Å²) in [5, 5.41) is 0. The lowest BCUT2D eigenvalue weighted by Gasteiger charge is -2.16. The zero-order chi connectivity index (χ0) is 9.97. The zero-order valence-corrected chi connectivity index (χ0v) is 9.65. The number of hydrogen-bond acceptors (Lipinski definition) is 2. The van der Waals surface area contributed by atoms with Gasteiger partial charge in [0.25, 0.3) is 0 Å². The van der Waals surface area contributed by atoms with E-state index in [0.717, 1.165) is 16.9 Å². The van der Waals surface area contributed by atoms with Gasteiger partial charge >= 0.3 is 0 Å². The number of Topliss-reactive ketones (excluding diaryl/α,β-unsaturated/α-hetero) is 1. The van der Waals surface area contributed by atoms with Gasteiger partial charge in [0.1, 0.15) is 12.4 Å². The first-order valence-electron chi connectivity index (χ1n) is 4.33. The molecule has 14 heavy (non-hydrogen) atoms. The molecule has 0 aromatic heterocycles. The number of hydrogen-bond donors (Lipinski definition) is 0. The maximum absolute atomic E-state index is 11.4. The number of fused-ring (bicyclic) bond motifs is 1. The molecule has 1 aromatic rings. The predicted octanol–water partition coefficient (Wildman–Crippen LogP) is 2.47. The molecule has 0 bridgehead atoms. The van der Waals surface area contributed by atoms with Crippen molar-refractivity contribution in [2.24, 2.45) is 0 Å². The summed E-state index contributed by atoms with van der Waals surface area (Å²) in [4.78, 5) is 11.4. The van der Waals surface area contributed by atoms with Crippen LogP contribution in [0.25, 0.3) is 6.08 Å². The molecule has 0 atom stereocenters. The molecule has 1 aliphatic heterocycles. The van der Waals surface area contributed by atoms with E-state index in [4.69, 9.17) is 4.74 Å². The second-order valence-corrected chi connectivity index (χ2v) is 3.82. The van der Waals surface area contributed by atoms with Crippen molar-refractivity contribution in [3.05, 3.63) is 35.4 Å². The van der Waals surface area contributed by atoms with Gasteiger partial charge in [0.05, 0.1) is 4.43 Å². The average molecular weight is 300 g/mol. The monoisotopic (exact) mass is 300 g/mol. The summed E-state index contributed by atoms with van der Waals surface area (Å²) in [6, 6.07) is 7.74. The summed E-state index contributed by atoms with van der Waals surface area (Å²) in [7, 11) is 0. The predicted molar refractivity (Wildman–Crippen MR) is 63.8 cm³/mol. The number of benzene rings is 1.